The van der Waals surface area contributed by atoms with E-state index in [0.29, 0.717) is 6.42 Å². The molecule has 1 unspecified atom stereocenters. The van der Waals surface area contributed by atoms with Crippen LogP contribution in [0.3, 0.4) is 0 Å². The van der Waals surface area contributed by atoms with Crippen LogP contribution in [-0.4, -0.2) is 23.0 Å². The van der Waals surface area contributed by atoms with E-state index in [4.69, 9.17) is 11.6 Å². The van der Waals surface area contributed by atoms with Crippen LogP contribution in [0.5, 0.6) is 0 Å². The molecule has 3 rings (SSSR count). The summed E-state index contributed by atoms with van der Waals surface area (Å²) in [5, 5.41) is 11.5. The van der Waals surface area contributed by atoms with Crippen molar-refractivity contribution in [1.82, 2.24) is 4.98 Å². The van der Waals surface area contributed by atoms with Crippen molar-refractivity contribution in [3.05, 3.63) is 70.4 Å². The highest BCUT2D eigenvalue weighted by Gasteiger charge is 2.18. The van der Waals surface area contributed by atoms with E-state index < -0.39 is 0 Å². The van der Waals surface area contributed by atoms with Crippen LogP contribution < -0.4 is 0 Å². The first kappa shape index (κ1) is 16.4. The number of hydrogen-bond acceptors (Lipinski definition) is 2. The van der Waals surface area contributed by atoms with Crippen molar-refractivity contribution in [3.8, 4) is 0 Å². The Morgan fingerprint density at radius 3 is 2.65 bits per heavy atom. The van der Waals surface area contributed by atoms with Gasteiger partial charge in [0.1, 0.15) is 0 Å². The number of aromatic amines is 1. The van der Waals surface area contributed by atoms with E-state index in [1.807, 2.05) is 36.0 Å². The number of thioether (sulfide) groups is 1. The first-order valence-electron chi connectivity index (χ1n) is 7.68. The first-order valence-corrected chi connectivity index (χ1v) is 9.46. The van der Waals surface area contributed by atoms with Gasteiger partial charge in [-0.1, -0.05) is 41.9 Å². The molecule has 1 aromatic heterocycles. The third-order valence-corrected chi connectivity index (χ3v) is 5.05. The van der Waals surface area contributed by atoms with Crippen LogP contribution in [0.1, 0.15) is 29.0 Å². The second-order valence-corrected chi connectivity index (χ2v) is 6.94. The standard InChI is InChI=1S/C19H20ClNOS/c1-23-12-14-3-2-4-17-18(11-21-19(14)17)16(9-10-22)13-5-7-15(20)8-6-13/h2-8,11,16,21-22H,9-10,12H2,1H3. The number of H-pyrrole nitrogens is 1. The lowest BCUT2D eigenvalue weighted by Gasteiger charge is -2.16. The summed E-state index contributed by atoms with van der Waals surface area (Å²) in [4.78, 5) is 3.44. The van der Waals surface area contributed by atoms with Crippen molar-refractivity contribution >= 4 is 34.3 Å². The lowest BCUT2D eigenvalue weighted by molar-refractivity contribution is 0.282. The zero-order chi connectivity index (χ0) is 16.2. The molecule has 0 aliphatic carbocycles. The largest absolute Gasteiger partial charge is 0.396 e. The fraction of sp³-hybridized carbons (Fsp3) is 0.263. The van der Waals surface area contributed by atoms with Crippen LogP contribution in [0.2, 0.25) is 5.02 Å². The SMILES string of the molecule is CSCc1cccc2c(C(CCO)c3ccc(Cl)cc3)c[nH]c12. The Morgan fingerprint density at radius 1 is 1.17 bits per heavy atom. The summed E-state index contributed by atoms with van der Waals surface area (Å²) >= 11 is 7.83. The second-order valence-electron chi connectivity index (χ2n) is 5.63. The van der Waals surface area contributed by atoms with Gasteiger partial charge >= 0.3 is 0 Å². The summed E-state index contributed by atoms with van der Waals surface area (Å²) < 4.78 is 0. The zero-order valence-electron chi connectivity index (χ0n) is 13.1. The van der Waals surface area contributed by atoms with Crippen LogP contribution in [0.25, 0.3) is 10.9 Å². The molecule has 0 bridgehead atoms. The van der Waals surface area contributed by atoms with E-state index in [-0.39, 0.29) is 12.5 Å². The predicted molar refractivity (Wildman–Crippen MR) is 101 cm³/mol. The smallest absolute Gasteiger partial charge is 0.0498 e. The monoisotopic (exact) mass is 345 g/mol. The number of para-hydroxylation sites is 1. The Hall–Kier alpha value is -1.42. The van der Waals surface area contributed by atoms with E-state index in [2.05, 4.69) is 35.6 Å². The highest BCUT2D eigenvalue weighted by Crippen LogP contribution is 2.35. The molecule has 0 saturated carbocycles. The highest BCUT2D eigenvalue weighted by atomic mass is 35.5. The topological polar surface area (TPSA) is 36.0 Å². The number of benzene rings is 2. The van der Waals surface area contributed by atoms with Gasteiger partial charge in [0.05, 0.1) is 0 Å². The molecule has 23 heavy (non-hydrogen) atoms. The van der Waals surface area contributed by atoms with E-state index in [0.717, 1.165) is 10.8 Å². The minimum Gasteiger partial charge on any atom is -0.396 e. The zero-order valence-corrected chi connectivity index (χ0v) is 14.6. The molecule has 4 heteroatoms. The van der Waals surface area contributed by atoms with Crippen LogP contribution in [0.4, 0.5) is 0 Å². The maximum atomic E-state index is 9.52. The Balaban J connectivity index is 2.08. The number of halogens is 1. The number of nitrogens with one attached hydrogen (secondary N) is 1. The van der Waals surface area contributed by atoms with E-state index >= 15 is 0 Å². The Labute approximate surface area is 145 Å². The molecule has 120 valence electrons. The van der Waals surface area contributed by atoms with Crippen LogP contribution in [0.15, 0.2) is 48.7 Å². The normalized spacial score (nSPS) is 12.7. The summed E-state index contributed by atoms with van der Waals surface area (Å²) in [6, 6.07) is 14.4. The minimum absolute atomic E-state index is 0.157. The Morgan fingerprint density at radius 2 is 1.96 bits per heavy atom. The van der Waals surface area contributed by atoms with Crippen molar-refractivity contribution in [2.24, 2.45) is 0 Å². The van der Waals surface area contributed by atoms with Crippen LogP contribution >= 0.6 is 23.4 Å². The van der Waals surface area contributed by atoms with Gasteiger partial charge in [-0.2, -0.15) is 11.8 Å². The van der Waals surface area contributed by atoms with Crippen molar-refractivity contribution in [2.75, 3.05) is 12.9 Å². The van der Waals surface area contributed by atoms with E-state index in [1.165, 1.54) is 27.6 Å². The van der Waals surface area contributed by atoms with Crippen molar-refractivity contribution in [3.63, 3.8) is 0 Å². The van der Waals surface area contributed by atoms with Gasteiger partial charge in [0.15, 0.2) is 0 Å². The number of fused-ring (bicyclic) bond motifs is 1. The Bertz CT molecular complexity index is 782. The number of aliphatic hydroxyl groups excluding tert-OH is 1. The fourth-order valence-corrected chi connectivity index (χ4v) is 3.81. The lowest BCUT2D eigenvalue weighted by atomic mass is 9.88. The molecule has 0 spiro atoms. The molecule has 0 amide bonds. The summed E-state index contributed by atoms with van der Waals surface area (Å²) in [5.41, 5.74) is 4.94. The molecular weight excluding hydrogens is 326 g/mol. The molecule has 2 N–H and O–H groups in total. The summed E-state index contributed by atoms with van der Waals surface area (Å²) in [7, 11) is 0. The third-order valence-electron chi connectivity index (χ3n) is 4.20. The lowest BCUT2D eigenvalue weighted by Crippen LogP contribution is -2.03. The number of hydrogen-bond donors (Lipinski definition) is 2. The van der Waals surface area contributed by atoms with E-state index in [9.17, 15) is 5.11 Å². The van der Waals surface area contributed by atoms with Crippen molar-refractivity contribution in [1.29, 1.82) is 0 Å². The second kappa shape index (κ2) is 7.43. The average Bonchev–Trinajstić information content (AvgIpc) is 2.99. The average molecular weight is 346 g/mol. The maximum Gasteiger partial charge on any atom is 0.0498 e. The summed E-state index contributed by atoms with van der Waals surface area (Å²) in [5.74, 6) is 1.15. The minimum atomic E-state index is 0.157. The number of aliphatic hydroxyl groups is 1. The van der Waals surface area contributed by atoms with Gasteiger partial charge in [-0.05, 0) is 41.5 Å². The molecule has 0 saturated heterocycles. The maximum absolute atomic E-state index is 9.52. The van der Waals surface area contributed by atoms with Gasteiger partial charge in [-0.3, -0.25) is 0 Å². The van der Waals surface area contributed by atoms with Gasteiger partial charge in [0.25, 0.3) is 0 Å². The van der Waals surface area contributed by atoms with Gasteiger partial charge in [-0.15, -0.1) is 0 Å². The molecule has 0 aliphatic rings. The van der Waals surface area contributed by atoms with Crippen molar-refractivity contribution < 1.29 is 5.11 Å². The molecular formula is C19H20ClNOS. The number of aromatic nitrogens is 1. The molecule has 0 fully saturated rings. The summed E-state index contributed by atoms with van der Waals surface area (Å²) in [6.45, 7) is 0.157. The quantitative estimate of drug-likeness (QED) is 0.644. The summed E-state index contributed by atoms with van der Waals surface area (Å²) in [6.07, 6.45) is 4.90. The van der Waals surface area contributed by atoms with Crippen LogP contribution in [0, 0.1) is 0 Å². The van der Waals surface area contributed by atoms with Gasteiger partial charge in [0, 0.05) is 40.4 Å². The van der Waals surface area contributed by atoms with Crippen molar-refractivity contribution in [2.45, 2.75) is 18.1 Å². The molecule has 2 nitrogen and oxygen atoms in total. The first-order chi connectivity index (χ1) is 11.2. The van der Waals surface area contributed by atoms with Gasteiger partial charge in [-0.25, -0.2) is 0 Å². The predicted octanol–water partition coefficient (Wildman–Crippen LogP) is 5.20. The Kier molecular flexibility index (Phi) is 5.31. The molecule has 3 aromatic rings. The molecule has 1 atom stereocenters. The van der Waals surface area contributed by atoms with Gasteiger partial charge < -0.3 is 10.1 Å². The number of rotatable bonds is 6. The molecule has 0 radical (unpaired) electrons. The highest BCUT2D eigenvalue weighted by molar-refractivity contribution is 7.97. The molecule has 0 aliphatic heterocycles. The van der Waals surface area contributed by atoms with E-state index in [1.54, 1.807) is 0 Å². The molecule has 2 aromatic carbocycles. The molecule has 1 heterocycles. The third kappa shape index (κ3) is 3.42. The van der Waals surface area contributed by atoms with Gasteiger partial charge in [0.2, 0.25) is 0 Å². The van der Waals surface area contributed by atoms with Crippen LogP contribution in [-0.2, 0) is 5.75 Å². The fourth-order valence-electron chi connectivity index (χ4n) is 3.13.